The van der Waals surface area contributed by atoms with Crippen LogP contribution in [0.25, 0.3) is 0 Å². The number of aryl methyl sites for hydroxylation is 2. The predicted molar refractivity (Wildman–Crippen MR) is 145 cm³/mol. The van der Waals surface area contributed by atoms with E-state index in [9.17, 15) is 9.90 Å². The number of carboxylic acids is 1. The lowest BCUT2D eigenvalue weighted by Crippen LogP contribution is -2.41. The van der Waals surface area contributed by atoms with Gasteiger partial charge >= 0.3 is 5.97 Å². The van der Waals surface area contributed by atoms with E-state index in [2.05, 4.69) is 58.6 Å². The van der Waals surface area contributed by atoms with Crippen molar-refractivity contribution < 1.29 is 9.90 Å². The molecule has 2 aliphatic heterocycles. The Morgan fingerprint density at radius 2 is 2.11 bits per heavy atom. The number of carbonyl (C=O) groups is 1. The van der Waals surface area contributed by atoms with Gasteiger partial charge in [0.05, 0.1) is 6.42 Å². The highest BCUT2D eigenvalue weighted by Gasteiger charge is 2.28. The number of benzene rings is 1. The van der Waals surface area contributed by atoms with Crippen molar-refractivity contribution in [2.45, 2.75) is 69.7 Å². The average Bonchev–Trinajstić information content (AvgIpc) is 3.73. The Bertz CT molecular complexity index is 1040. The number of hydrogen-bond acceptors (Lipinski definition) is 5. The minimum atomic E-state index is -0.722. The number of pyridine rings is 1. The van der Waals surface area contributed by atoms with Gasteiger partial charge in [-0.05, 0) is 106 Å². The summed E-state index contributed by atoms with van der Waals surface area (Å²) >= 11 is 0. The molecule has 2 N–H and O–H groups in total. The third kappa shape index (κ3) is 6.65. The molecule has 36 heavy (non-hydrogen) atoms. The Kier molecular flexibility index (Phi) is 8.22. The summed E-state index contributed by atoms with van der Waals surface area (Å²) in [6, 6.07) is 13.1. The molecule has 0 unspecified atom stereocenters. The number of piperidine rings is 1. The van der Waals surface area contributed by atoms with E-state index in [0.29, 0.717) is 11.8 Å². The van der Waals surface area contributed by atoms with Gasteiger partial charge in [-0.25, -0.2) is 4.98 Å². The molecule has 2 atom stereocenters. The van der Waals surface area contributed by atoms with E-state index in [-0.39, 0.29) is 12.5 Å². The summed E-state index contributed by atoms with van der Waals surface area (Å²) in [5.41, 5.74) is 5.09. The highest BCUT2D eigenvalue weighted by molar-refractivity contribution is 5.68. The summed E-state index contributed by atoms with van der Waals surface area (Å²) in [4.78, 5) is 21.5. The molecule has 0 radical (unpaired) electrons. The van der Waals surface area contributed by atoms with Crippen LogP contribution in [0.3, 0.4) is 0 Å². The Labute approximate surface area is 216 Å². The van der Waals surface area contributed by atoms with Crippen molar-refractivity contribution in [3.05, 3.63) is 58.8 Å². The number of hydrogen-bond donors (Lipinski definition) is 2. The summed E-state index contributed by atoms with van der Waals surface area (Å²) in [7, 11) is 2.12. The van der Waals surface area contributed by atoms with Gasteiger partial charge in [0.2, 0.25) is 0 Å². The number of anilines is 1. The first-order valence-corrected chi connectivity index (χ1v) is 14.0. The van der Waals surface area contributed by atoms with E-state index in [1.165, 1.54) is 55.5 Å². The molecule has 0 bridgehead atoms. The highest BCUT2D eigenvalue weighted by Crippen LogP contribution is 2.41. The Balaban J connectivity index is 1.13. The van der Waals surface area contributed by atoms with E-state index in [0.717, 1.165) is 56.8 Å². The van der Waals surface area contributed by atoms with Crippen LogP contribution in [-0.4, -0.2) is 65.6 Å². The second-order valence-corrected chi connectivity index (χ2v) is 11.3. The third-order valence-corrected chi connectivity index (χ3v) is 8.25. The van der Waals surface area contributed by atoms with Crippen molar-refractivity contribution in [1.82, 2.24) is 14.8 Å². The van der Waals surface area contributed by atoms with Gasteiger partial charge in [-0.15, -0.1) is 0 Å². The van der Waals surface area contributed by atoms with Crippen molar-refractivity contribution >= 4 is 11.8 Å². The summed E-state index contributed by atoms with van der Waals surface area (Å²) < 4.78 is 0. The molecular weight excluding hydrogens is 448 g/mol. The third-order valence-electron chi connectivity index (χ3n) is 8.25. The molecule has 1 aromatic carbocycles. The number of carboxylic acid groups (broad SMARTS) is 1. The van der Waals surface area contributed by atoms with Crippen LogP contribution >= 0.6 is 0 Å². The largest absolute Gasteiger partial charge is 0.481 e. The average molecular weight is 491 g/mol. The molecule has 1 saturated carbocycles. The molecule has 5 rings (SSSR count). The Morgan fingerprint density at radius 1 is 1.22 bits per heavy atom. The Hall–Kier alpha value is -2.44. The van der Waals surface area contributed by atoms with Crippen LogP contribution < -0.4 is 5.32 Å². The molecule has 3 aliphatic rings. The van der Waals surface area contributed by atoms with Crippen LogP contribution in [0, 0.1) is 5.92 Å². The summed E-state index contributed by atoms with van der Waals surface area (Å²) in [5, 5.41) is 13.1. The molecule has 2 aromatic rings. The zero-order valence-corrected chi connectivity index (χ0v) is 21.8. The van der Waals surface area contributed by atoms with Crippen LogP contribution in [0.4, 0.5) is 5.82 Å². The fourth-order valence-electron chi connectivity index (χ4n) is 6.16. The second kappa shape index (κ2) is 11.7. The number of nitrogens with zero attached hydrogens (tertiary/aromatic N) is 3. The molecule has 1 aliphatic carbocycles. The van der Waals surface area contributed by atoms with Gasteiger partial charge < -0.3 is 15.3 Å². The van der Waals surface area contributed by atoms with Crippen LogP contribution in [-0.2, 0) is 17.6 Å². The molecule has 1 saturated heterocycles. The Morgan fingerprint density at radius 3 is 2.94 bits per heavy atom. The summed E-state index contributed by atoms with van der Waals surface area (Å²) in [6.07, 6.45) is 9.62. The molecule has 6 heteroatoms. The number of nitrogens with one attached hydrogen (secondary N) is 1. The fraction of sp³-hybridized carbons (Fsp3) is 0.600. The van der Waals surface area contributed by atoms with Crippen molar-refractivity contribution in [2.24, 2.45) is 5.92 Å². The molecule has 6 nitrogen and oxygen atoms in total. The highest BCUT2D eigenvalue weighted by atomic mass is 16.4. The van der Waals surface area contributed by atoms with Crippen molar-refractivity contribution in [1.29, 1.82) is 0 Å². The number of aromatic nitrogens is 1. The molecule has 0 amide bonds. The topological polar surface area (TPSA) is 68.7 Å². The first-order chi connectivity index (χ1) is 17.5. The van der Waals surface area contributed by atoms with Gasteiger partial charge in [0, 0.05) is 31.4 Å². The van der Waals surface area contributed by atoms with Crippen LogP contribution in [0.2, 0.25) is 0 Å². The molecular formula is C30H42N4O2. The summed E-state index contributed by atoms with van der Waals surface area (Å²) in [6.45, 7) is 5.35. The minimum Gasteiger partial charge on any atom is -0.481 e. The maximum absolute atomic E-state index is 11.7. The van der Waals surface area contributed by atoms with E-state index in [4.69, 9.17) is 4.98 Å². The van der Waals surface area contributed by atoms with Gasteiger partial charge in [-0.2, -0.15) is 0 Å². The van der Waals surface area contributed by atoms with Gasteiger partial charge in [0.1, 0.15) is 5.82 Å². The van der Waals surface area contributed by atoms with Crippen molar-refractivity contribution in [3.63, 3.8) is 0 Å². The van der Waals surface area contributed by atoms with Crippen LogP contribution in [0.15, 0.2) is 36.4 Å². The van der Waals surface area contributed by atoms with Crippen molar-refractivity contribution in [2.75, 3.05) is 45.1 Å². The lowest BCUT2D eigenvalue weighted by atomic mass is 9.94. The lowest BCUT2D eigenvalue weighted by Gasteiger charge is -2.37. The first kappa shape index (κ1) is 25.2. The molecule has 3 heterocycles. The molecule has 1 aromatic heterocycles. The van der Waals surface area contributed by atoms with Gasteiger partial charge in [0.15, 0.2) is 0 Å². The predicted octanol–water partition coefficient (Wildman–Crippen LogP) is 5.11. The lowest BCUT2D eigenvalue weighted by molar-refractivity contribution is -0.138. The molecule has 194 valence electrons. The number of rotatable bonds is 11. The van der Waals surface area contributed by atoms with Crippen LogP contribution in [0.1, 0.15) is 79.3 Å². The minimum absolute atomic E-state index is 0.0692. The van der Waals surface area contributed by atoms with Gasteiger partial charge in [-0.1, -0.05) is 30.3 Å². The number of aliphatic carboxylic acids is 1. The maximum atomic E-state index is 11.7. The van der Waals surface area contributed by atoms with E-state index in [1.54, 1.807) is 0 Å². The number of likely N-dealkylation sites (tertiary alicyclic amines) is 1. The zero-order valence-electron chi connectivity index (χ0n) is 21.8. The van der Waals surface area contributed by atoms with E-state index < -0.39 is 5.97 Å². The van der Waals surface area contributed by atoms with E-state index >= 15 is 0 Å². The fourth-order valence-corrected chi connectivity index (χ4v) is 6.16. The van der Waals surface area contributed by atoms with Gasteiger partial charge in [-0.3, -0.25) is 9.69 Å². The summed E-state index contributed by atoms with van der Waals surface area (Å²) in [5.74, 6) is 1.64. The van der Waals surface area contributed by atoms with E-state index in [1.807, 2.05) is 0 Å². The SMILES string of the molecule is CN(C[C@@H]1CCCN(CCCc2ccc3c(n2)NCCC3)C1)[C@@H](CC(=O)O)c1cccc(C2CC2)c1. The second-order valence-electron chi connectivity index (χ2n) is 11.3. The monoisotopic (exact) mass is 490 g/mol. The number of fused-ring (bicyclic) bond motifs is 1. The molecule has 0 spiro atoms. The smallest absolute Gasteiger partial charge is 0.305 e. The standard InChI is InChI=1S/C30H42N4O2/c1-33(28(19-29(35)36)26-8-2-7-25(18-26)23-11-12-23)20-22-6-4-16-34(21-22)17-5-10-27-14-13-24-9-3-15-31-30(24)32-27/h2,7-8,13-14,18,22-23,28H,3-6,9-12,15-17,19-21H2,1H3,(H,31,32)(H,35,36)/t22-,28-/m0/s1. The quantitative estimate of drug-likeness (QED) is 0.456. The maximum Gasteiger partial charge on any atom is 0.305 e. The zero-order chi connectivity index (χ0) is 24.9. The first-order valence-electron chi connectivity index (χ1n) is 14.0. The normalized spacial score (nSPS) is 21.1. The van der Waals surface area contributed by atoms with Crippen LogP contribution in [0.5, 0.6) is 0 Å². The van der Waals surface area contributed by atoms with Crippen molar-refractivity contribution in [3.8, 4) is 0 Å². The molecule has 2 fully saturated rings. The van der Waals surface area contributed by atoms with Gasteiger partial charge in [0.25, 0.3) is 0 Å².